The van der Waals surface area contributed by atoms with Crippen LogP contribution in [0.3, 0.4) is 0 Å². The Morgan fingerprint density at radius 3 is 2.30 bits per heavy atom. The third kappa shape index (κ3) is 3.62. The van der Waals surface area contributed by atoms with Gasteiger partial charge in [-0.1, -0.05) is 66.2 Å². The van der Waals surface area contributed by atoms with Gasteiger partial charge in [0, 0.05) is 29.3 Å². The maximum atomic E-state index is 14.4. The molecule has 1 heterocycles. The summed E-state index contributed by atoms with van der Waals surface area (Å²) in [6.45, 7) is 2.04. The maximum Gasteiger partial charge on any atom is 0.129 e. The lowest BCUT2D eigenvalue weighted by atomic mass is 9.93. The summed E-state index contributed by atoms with van der Waals surface area (Å²) in [5.74, 6) is -0.0626. The predicted octanol–water partition coefficient (Wildman–Crippen LogP) is 5.06. The molecule has 3 aromatic carbocycles. The fourth-order valence-electron chi connectivity index (χ4n) is 3.47. The minimum Gasteiger partial charge on any atom is -0.508 e. The summed E-state index contributed by atoms with van der Waals surface area (Å²) in [6, 6.07) is 22.0. The molecule has 4 heteroatoms. The lowest BCUT2D eigenvalue weighted by Crippen LogP contribution is -2.33. The molecule has 0 aromatic heterocycles. The van der Waals surface area contributed by atoms with Crippen molar-refractivity contribution in [3.63, 3.8) is 0 Å². The standard InChI is InChI=1S/C23H21FN2O/c1-15-10-12-16(13-11-15)20-14-21(18-7-3-5-9-22(18)27)26-23(25-20)17-6-2-4-8-19(17)24/h2-13,21,23,26-27H,14H2,1H3/t21-,23-/m0/s1. The van der Waals surface area contributed by atoms with Crippen LogP contribution in [0.1, 0.15) is 40.9 Å². The molecule has 3 aromatic rings. The average Bonchev–Trinajstić information content (AvgIpc) is 2.69. The lowest BCUT2D eigenvalue weighted by molar-refractivity contribution is 0.405. The number of benzene rings is 3. The van der Waals surface area contributed by atoms with Crippen molar-refractivity contribution in [3.8, 4) is 5.75 Å². The molecule has 1 aliphatic rings. The highest BCUT2D eigenvalue weighted by molar-refractivity contribution is 6.01. The molecule has 0 aliphatic carbocycles. The monoisotopic (exact) mass is 360 g/mol. The number of rotatable bonds is 3. The molecule has 3 nitrogen and oxygen atoms in total. The van der Waals surface area contributed by atoms with Crippen LogP contribution in [-0.4, -0.2) is 10.8 Å². The van der Waals surface area contributed by atoms with Crippen molar-refractivity contribution in [2.75, 3.05) is 0 Å². The first kappa shape index (κ1) is 17.4. The van der Waals surface area contributed by atoms with Crippen LogP contribution in [0.4, 0.5) is 4.39 Å². The first-order valence-electron chi connectivity index (χ1n) is 9.04. The smallest absolute Gasteiger partial charge is 0.129 e. The van der Waals surface area contributed by atoms with Crippen molar-refractivity contribution in [2.24, 2.45) is 4.99 Å². The Balaban J connectivity index is 1.78. The molecule has 2 N–H and O–H groups in total. The molecule has 0 saturated heterocycles. The van der Waals surface area contributed by atoms with E-state index >= 15 is 0 Å². The van der Waals surface area contributed by atoms with Crippen molar-refractivity contribution in [2.45, 2.75) is 25.6 Å². The van der Waals surface area contributed by atoms with E-state index in [1.54, 1.807) is 24.3 Å². The van der Waals surface area contributed by atoms with Crippen LogP contribution in [0, 0.1) is 12.7 Å². The van der Waals surface area contributed by atoms with Gasteiger partial charge in [0.25, 0.3) is 0 Å². The topological polar surface area (TPSA) is 44.6 Å². The molecule has 0 amide bonds. The van der Waals surface area contributed by atoms with Crippen LogP contribution in [-0.2, 0) is 0 Å². The number of nitrogens with zero attached hydrogens (tertiary/aromatic N) is 1. The van der Waals surface area contributed by atoms with E-state index in [2.05, 4.69) is 5.32 Å². The largest absolute Gasteiger partial charge is 0.508 e. The zero-order valence-electron chi connectivity index (χ0n) is 15.1. The summed E-state index contributed by atoms with van der Waals surface area (Å²) in [4.78, 5) is 4.80. The highest BCUT2D eigenvalue weighted by Gasteiger charge is 2.28. The van der Waals surface area contributed by atoms with Gasteiger partial charge in [-0.25, -0.2) is 4.39 Å². The van der Waals surface area contributed by atoms with Crippen molar-refractivity contribution < 1.29 is 9.50 Å². The molecule has 4 rings (SSSR count). The zero-order chi connectivity index (χ0) is 18.8. The normalized spacial score (nSPS) is 19.6. The van der Waals surface area contributed by atoms with Gasteiger partial charge in [-0.15, -0.1) is 0 Å². The molecule has 0 fully saturated rings. The van der Waals surface area contributed by atoms with Crippen molar-refractivity contribution >= 4 is 5.71 Å². The van der Waals surface area contributed by atoms with Gasteiger partial charge >= 0.3 is 0 Å². The Kier molecular flexibility index (Phi) is 4.73. The van der Waals surface area contributed by atoms with Crippen molar-refractivity contribution in [1.82, 2.24) is 5.32 Å². The van der Waals surface area contributed by atoms with Crippen LogP contribution < -0.4 is 5.32 Å². The van der Waals surface area contributed by atoms with Crippen LogP contribution in [0.25, 0.3) is 0 Å². The van der Waals surface area contributed by atoms with Gasteiger partial charge in [0.2, 0.25) is 0 Å². The van der Waals surface area contributed by atoms with Gasteiger partial charge < -0.3 is 5.11 Å². The molecule has 27 heavy (non-hydrogen) atoms. The van der Waals surface area contributed by atoms with E-state index in [1.165, 1.54) is 11.6 Å². The van der Waals surface area contributed by atoms with Crippen LogP contribution in [0.5, 0.6) is 5.75 Å². The van der Waals surface area contributed by atoms with E-state index in [0.717, 1.165) is 16.8 Å². The number of aromatic hydroxyl groups is 1. The lowest BCUT2D eigenvalue weighted by Gasteiger charge is -2.31. The zero-order valence-corrected chi connectivity index (χ0v) is 15.1. The number of aliphatic imine (C=N–C) groups is 1. The fraction of sp³-hybridized carbons (Fsp3) is 0.174. The number of hydrogen-bond acceptors (Lipinski definition) is 3. The predicted molar refractivity (Wildman–Crippen MR) is 105 cm³/mol. The molecule has 2 atom stereocenters. The number of halogens is 1. The van der Waals surface area contributed by atoms with Crippen LogP contribution >= 0.6 is 0 Å². The number of nitrogens with one attached hydrogen (secondary N) is 1. The number of para-hydroxylation sites is 1. The number of phenolic OH excluding ortho intramolecular Hbond substituents is 1. The molecule has 136 valence electrons. The number of aryl methyl sites for hydroxylation is 1. The first-order valence-corrected chi connectivity index (χ1v) is 9.04. The highest BCUT2D eigenvalue weighted by atomic mass is 19.1. The quantitative estimate of drug-likeness (QED) is 0.685. The van der Waals surface area contributed by atoms with Crippen molar-refractivity contribution in [3.05, 3.63) is 101 Å². The van der Waals surface area contributed by atoms with E-state index in [0.29, 0.717) is 12.0 Å². The SMILES string of the molecule is Cc1ccc(C2=N[C@H](c3ccccc3F)N[C@H](c3ccccc3O)C2)cc1. The molecule has 0 unspecified atom stereocenters. The summed E-state index contributed by atoms with van der Waals surface area (Å²) < 4.78 is 14.4. The Hall–Kier alpha value is -2.98. The Bertz CT molecular complexity index is 982. The Morgan fingerprint density at radius 2 is 1.59 bits per heavy atom. The second kappa shape index (κ2) is 7.33. The summed E-state index contributed by atoms with van der Waals surface area (Å²) in [7, 11) is 0. The summed E-state index contributed by atoms with van der Waals surface area (Å²) in [5.41, 5.74) is 4.39. The second-order valence-electron chi connectivity index (χ2n) is 6.85. The van der Waals surface area contributed by atoms with E-state index in [-0.39, 0.29) is 17.6 Å². The fourth-order valence-corrected chi connectivity index (χ4v) is 3.47. The third-order valence-electron chi connectivity index (χ3n) is 4.94. The summed E-state index contributed by atoms with van der Waals surface area (Å²) in [6.07, 6.45) is 0.104. The third-order valence-corrected chi connectivity index (χ3v) is 4.94. The van der Waals surface area contributed by atoms with E-state index < -0.39 is 6.17 Å². The Labute approximate surface area is 158 Å². The molecule has 0 spiro atoms. The molecular weight excluding hydrogens is 339 g/mol. The number of hydrogen-bond donors (Lipinski definition) is 2. The summed E-state index contributed by atoms with van der Waals surface area (Å²) in [5, 5.41) is 13.7. The van der Waals surface area contributed by atoms with Gasteiger partial charge in [-0.05, 0) is 24.6 Å². The van der Waals surface area contributed by atoms with Crippen LogP contribution in [0.2, 0.25) is 0 Å². The van der Waals surface area contributed by atoms with Crippen LogP contribution in [0.15, 0.2) is 77.8 Å². The molecule has 1 aliphatic heterocycles. The second-order valence-corrected chi connectivity index (χ2v) is 6.85. The van der Waals surface area contributed by atoms with Gasteiger partial charge in [0.1, 0.15) is 17.7 Å². The molecular formula is C23H21FN2O. The summed E-state index contributed by atoms with van der Waals surface area (Å²) >= 11 is 0. The molecule has 0 radical (unpaired) electrons. The Morgan fingerprint density at radius 1 is 0.926 bits per heavy atom. The first-order chi connectivity index (χ1) is 13.1. The van der Waals surface area contributed by atoms with Gasteiger partial charge in [0.15, 0.2) is 0 Å². The minimum atomic E-state index is -0.513. The number of phenols is 1. The van der Waals surface area contributed by atoms with Gasteiger partial charge in [-0.2, -0.15) is 0 Å². The van der Waals surface area contributed by atoms with E-state index in [4.69, 9.17) is 4.99 Å². The van der Waals surface area contributed by atoms with Crippen molar-refractivity contribution in [1.29, 1.82) is 0 Å². The highest BCUT2D eigenvalue weighted by Crippen LogP contribution is 2.34. The average molecular weight is 360 g/mol. The molecule has 0 bridgehead atoms. The maximum absolute atomic E-state index is 14.4. The molecule has 0 saturated carbocycles. The van der Waals surface area contributed by atoms with E-state index in [1.807, 2.05) is 49.4 Å². The van der Waals surface area contributed by atoms with Gasteiger partial charge in [-0.3, -0.25) is 10.3 Å². The van der Waals surface area contributed by atoms with Gasteiger partial charge in [0.05, 0.1) is 0 Å². The minimum absolute atomic E-state index is 0.162. The van der Waals surface area contributed by atoms with E-state index in [9.17, 15) is 9.50 Å².